The van der Waals surface area contributed by atoms with Gasteiger partial charge in [0.05, 0.1) is 17.4 Å². The molecule has 5 heteroatoms. The minimum Gasteiger partial charge on any atom is -0.321 e. The van der Waals surface area contributed by atoms with E-state index in [1.54, 1.807) is 11.8 Å². The number of hydrogen-bond acceptors (Lipinski definition) is 3. The van der Waals surface area contributed by atoms with E-state index in [0.717, 1.165) is 34.3 Å². The minimum atomic E-state index is 0.0563. The fourth-order valence-corrected chi connectivity index (χ4v) is 6.17. The average molecular weight is 478 g/mol. The van der Waals surface area contributed by atoms with Gasteiger partial charge in [0.25, 0.3) is 0 Å². The highest BCUT2D eigenvalue weighted by molar-refractivity contribution is 7.99. The first-order chi connectivity index (χ1) is 17.3. The number of fused-ring (bicyclic) bond motifs is 2. The molecule has 0 aromatic heterocycles. The number of anilines is 2. The van der Waals surface area contributed by atoms with Gasteiger partial charge in [-0.15, -0.1) is 0 Å². The van der Waals surface area contributed by atoms with E-state index >= 15 is 0 Å². The highest BCUT2D eigenvalue weighted by Gasteiger charge is 2.34. The molecule has 2 aliphatic rings. The number of nitrogens with zero attached hydrogens (tertiary/aromatic N) is 3. The van der Waals surface area contributed by atoms with E-state index in [0.29, 0.717) is 13.1 Å². The molecule has 174 valence electrons. The summed E-state index contributed by atoms with van der Waals surface area (Å²) in [5.74, 6) is 0. The molecule has 2 heterocycles. The Balaban J connectivity index is 1.25. The van der Waals surface area contributed by atoms with Crippen molar-refractivity contribution in [3.63, 3.8) is 0 Å². The van der Waals surface area contributed by atoms with E-state index in [4.69, 9.17) is 0 Å². The van der Waals surface area contributed by atoms with Crippen LogP contribution in [-0.2, 0) is 0 Å². The second-order valence-corrected chi connectivity index (χ2v) is 9.99. The predicted octanol–water partition coefficient (Wildman–Crippen LogP) is 6.82. The molecule has 0 atom stereocenters. The lowest BCUT2D eigenvalue weighted by molar-refractivity contribution is 0.124. The number of urea groups is 1. The van der Waals surface area contributed by atoms with Crippen LogP contribution >= 0.6 is 11.8 Å². The Bertz CT molecular complexity index is 1230. The molecule has 0 spiro atoms. The van der Waals surface area contributed by atoms with Gasteiger partial charge in [-0.1, -0.05) is 96.7 Å². The van der Waals surface area contributed by atoms with Crippen molar-refractivity contribution in [3.8, 4) is 0 Å². The number of rotatable bonds is 3. The van der Waals surface area contributed by atoms with Crippen LogP contribution in [0.2, 0.25) is 0 Å². The zero-order valence-corrected chi connectivity index (χ0v) is 20.3. The first-order valence-electron chi connectivity index (χ1n) is 12.1. The molecule has 0 radical (unpaired) electrons. The SMILES string of the molecule is O=C(N1CCN(C(c2ccccc2)c2ccccc2)CC1)N1c2ccccc2Sc2ccccc21. The maximum Gasteiger partial charge on any atom is 0.329 e. The van der Waals surface area contributed by atoms with Crippen molar-refractivity contribution in [3.05, 3.63) is 120 Å². The van der Waals surface area contributed by atoms with E-state index in [2.05, 4.69) is 77.7 Å². The summed E-state index contributed by atoms with van der Waals surface area (Å²) >= 11 is 1.73. The van der Waals surface area contributed by atoms with Gasteiger partial charge in [-0.2, -0.15) is 0 Å². The summed E-state index contributed by atoms with van der Waals surface area (Å²) in [6, 6.07) is 38.0. The van der Waals surface area contributed by atoms with Crippen LogP contribution in [0.3, 0.4) is 0 Å². The van der Waals surface area contributed by atoms with Gasteiger partial charge in [0.2, 0.25) is 0 Å². The van der Waals surface area contributed by atoms with Crippen molar-refractivity contribution < 1.29 is 4.79 Å². The number of carbonyl (C=O) groups excluding carboxylic acids is 1. The number of benzene rings is 4. The summed E-state index contributed by atoms with van der Waals surface area (Å²) in [5, 5.41) is 0. The molecule has 4 aromatic rings. The molecule has 35 heavy (non-hydrogen) atoms. The average Bonchev–Trinajstić information content (AvgIpc) is 2.93. The Morgan fingerprint density at radius 2 is 1.06 bits per heavy atom. The lowest BCUT2D eigenvalue weighted by Gasteiger charge is -2.42. The zero-order chi connectivity index (χ0) is 23.6. The third-order valence-electron chi connectivity index (χ3n) is 6.80. The second kappa shape index (κ2) is 9.61. The van der Waals surface area contributed by atoms with Crippen LogP contribution in [0, 0.1) is 0 Å². The molecular weight excluding hydrogens is 450 g/mol. The molecule has 1 fully saturated rings. The Morgan fingerprint density at radius 3 is 1.57 bits per heavy atom. The van der Waals surface area contributed by atoms with E-state index < -0.39 is 0 Å². The fraction of sp³-hybridized carbons (Fsp3) is 0.167. The van der Waals surface area contributed by atoms with Gasteiger partial charge < -0.3 is 4.90 Å². The van der Waals surface area contributed by atoms with Crippen LogP contribution in [-0.4, -0.2) is 42.0 Å². The van der Waals surface area contributed by atoms with Crippen LogP contribution in [0.4, 0.5) is 16.2 Å². The van der Waals surface area contributed by atoms with Crippen LogP contribution in [0.25, 0.3) is 0 Å². The lowest BCUT2D eigenvalue weighted by atomic mass is 9.96. The Morgan fingerprint density at radius 1 is 0.600 bits per heavy atom. The van der Waals surface area contributed by atoms with Crippen LogP contribution in [0.5, 0.6) is 0 Å². The number of para-hydroxylation sites is 2. The molecule has 6 rings (SSSR count). The molecule has 0 unspecified atom stereocenters. The summed E-state index contributed by atoms with van der Waals surface area (Å²) in [7, 11) is 0. The molecule has 0 aliphatic carbocycles. The maximum absolute atomic E-state index is 13.9. The van der Waals surface area contributed by atoms with Crippen molar-refractivity contribution in [2.45, 2.75) is 15.8 Å². The largest absolute Gasteiger partial charge is 0.329 e. The Labute approximate surface area is 210 Å². The molecule has 2 aliphatic heterocycles. The van der Waals surface area contributed by atoms with Crippen molar-refractivity contribution in [1.82, 2.24) is 9.80 Å². The summed E-state index contributed by atoms with van der Waals surface area (Å²) in [6.07, 6.45) is 0. The molecule has 2 amide bonds. The normalized spacial score (nSPS) is 15.6. The third-order valence-corrected chi connectivity index (χ3v) is 7.93. The van der Waals surface area contributed by atoms with Gasteiger partial charge in [-0.25, -0.2) is 4.79 Å². The lowest BCUT2D eigenvalue weighted by Crippen LogP contribution is -2.53. The summed E-state index contributed by atoms with van der Waals surface area (Å²) in [5.41, 5.74) is 4.51. The molecule has 4 nitrogen and oxygen atoms in total. The van der Waals surface area contributed by atoms with Gasteiger partial charge >= 0.3 is 6.03 Å². The highest BCUT2D eigenvalue weighted by atomic mass is 32.2. The van der Waals surface area contributed by atoms with Gasteiger partial charge in [-0.05, 0) is 35.4 Å². The summed E-state index contributed by atoms with van der Waals surface area (Å²) < 4.78 is 0. The second-order valence-electron chi connectivity index (χ2n) is 8.90. The molecule has 0 bridgehead atoms. The van der Waals surface area contributed by atoms with Gasteiger partial charge in [-0.3, -0.25) is 9.80 Å². The number of carbonyl (C=O) groups is 1. The quantitative estimate of drug-likeness (QED) is 0.324. The van der Waals surface area contributed by atoms with Crippen molar-refractivity contribution in [2.75, 3.05) is 31.1 Å². The first-order valence-corrected chi connectivity index (χ1v) is 12.9. The molecule has 1 saturated heterocycles. The van der Waals surface area contributed by atoms with E-state index in [1.807, 2.05) is 46.2 Å². The fourth-order valence-electron chi connectivity index (χ4n) is 5.11. The number of piperazine rings is 1. The monoisotopic (exact) mass is 477 g/mol. The summed E-state index contributed by atoms with van der Waals surface area (Å²) in [4.78, 5) is 22.6. The van der Waals surface area contributed by atoms with Gasteiger partial charge in [0.1, 0.15) is 0 Å². The van der Waals surface area contributed by atoms with E-state index in [-0.39, 0.29) is 12.1 Å². The van der Waals surface area contributed by atoms with Crippen LogP contribution in [0.15, 0.2) is 119 Å². The van der Waals surface area contributed by atoms with Crippen molar-refractivity contribution >= 4 is 29.2 Å². The molecule has 0 N–H and O–H groups in total. The molecular formula is C30H27N3OS. The standard InChI is InChI=1S/C30H27N3OS/c34-30(33-25-15-7-9-17-27(25)35-28-18-10-8-16-26(28)33)32-21-19-31(20-22-32)29(23-11-3-1-4-12-23)24-13-5-2-6-14-24/h1-18,29H,19-22H2. The number of hydrogen-bond donors (Lipinski definition) is 0. The van der Waals surface area contributed by atoms with Crippen LogP contribution in [0.1, 0.15) is 17.2 Å². The zero-order valence-electron chi connectivity index (χ0n) is 19.5. The van der Waals surface area contributed by atoms with E-state index in [1.165, 1.54) is 11.1 Å². The molecule has 4 aromatic carbocycles. The van der Waals surface area contributed by atoms with Gasteiger partial charge in [0, 0.05) is 36.0 Å². The first kappa shape index (κ1) is 22.0. The Hall–Kier alpha value is -3.54. The topological polar surface area (TPSA) is 26.8 Å². The summed E-state index contributed by atoms with van der Waals surface area (Å²) in [6.45, 7) is 3.05. The van der Waals surface area contributed by atoms with Crippen molar-refractivity contribution in [1.29, 1.82) is 0 Å². The highest BCUT2D eigenvalue weighted by Crippen LogP contribution is 2.48. The Kier molecular flexibility index (Phi) is 6.03. The third kappa shape index (κ3) is 4.22. The number of amides is 2. The minimum absolute atomic E-state index is 0.0563. The maximum atomic E-state index is 13.9. The molecule has 0 saturated carbocycles. The van der Waals surface area contributed by atoms with Crippen LogP contribution < -0.4 is 4.90 Å². The van der Waals surface area contributed by atoms with Crippen molar-refractivity contribution in [2.24, 2.45) is 0 Å². The predicted molar refractivity (Wildman–Crippen MR) is 142 cm³/mol. The van der Waals surface area contributed by atoms with Gasteiger partial charge in [0.15, 0.2) is 0 Å². The van der Waals surface area contributed by atoms with E-state index in [9.17, 15) is 4.79 Å². The smallest absolute Gasteiger partial charge is 0.321 e.